The minimum Gasteiger partial charge on any atom is -0.347 e. The van der Waals surface area contributed by atoms with E-state index in [2.05, 4.69) is 15.6 Å². The van der Waals surface area contributed by atoms with Crippen LogP contribution in [0, 0.1) is 6.92 Å². The third-order valence-corrected chi connectivity index (χ3v) is 5.09. The average Bonchev–Trinajstić information content (AvgIpc) is 3.17. The van der Waals surface area contributed by atoms with Crippen LogP contribution in [0.4, 0.5) is 0 Å². The Morgan fingerprint density at radius 1 is 1.21 bits per heavy atom. The number of carbonyl (C=O) groups excluding carboxylic acids is 1. The molecule has 0 bridgehead atoms. The number of amides is 1. The van der Waals surface area contributed by atoms with Crippen LogP contribution < -0.4 is 0 Å². The zero-order chi connectivity index (χ0) is 16.6. The number of carbonyl (C=O) groups is 1. The number of likely N-dealkylation sites (tertiary alicyclic amines) is 1. The minimum absolute atomic E-state index is 0.194. The van der Waals surface area contributed by atoms with Crippen molar-refractivity contribution < 1.29 is 14.3 Å². The largest absolute Gasteiger partial charge is 0.347 e. The number of piperidine rings is 1. The van der Waals surface area contributed by atoms with Gasteiger partial charge in [-0.15, -0.1) is 0 Å². The molecule has 2 saturated heterocycles. The summed E-state index contributed by atoms with van der Waals surface area (Å²) in [5, 5.41) is 0. The van der Waals surface area contributed by atoms with E-state index < -0.39 is 5.79 Å². The second-order valence-electron chi connectivity index (χ2n) is 6.54. The molecule has 4 rings (SSSR count). The Morgan fingerprint density at radius 3 is 2.67 bits per heavy atom. The van der Waals surface area contributed by atoms with Crippen molar-refractivity contribution in [3.63, 3.8) is 0 Å². The summed E-state index contributed by atoms with van der Waals surface area (Å²) in [5.74, 6) is 0.725. The molecular weight excluding hydrogens is 306 g/mol. The monoisotopic (exact) mass is 329 g/mol. The third kappa shape index (κ3) is 2.80. The fraction of sp³-hybridized carbons (Fsp3) is 0.556. The van der Waals surface area contributed by atoms with Crippen molar-refractivity contribution in [2.24, 2.45) is 0 Å². The highest BCUT2D eigenvalue weighted by Gasteiger charge is 2.40. The first kappa shape index (κ1) is 15.6. The van der Waals surface area contributed by atoms with Gasteiger partial charge in [-0.1, -0.05) is 12.1 Å². The number of para-hydroxylation sites is 2. The summed E-state index contributed by atoms with van der Waals surface area (Å²) >= 11 is 0. The SMILES string of the molecule is Cc1nc2ccccc2n1CCC(=O)N1CCC2(CC1)OCCO2. The maximum atomic E-state index is 12.6. The Labute approximate surface area is 141 Å². The summed E-state index contributed by atoms with van der Waals surface area (Å²) < 4.78 is 13.6. The fourth-order valence-corrected chi connectivity index (χ4v) is 3.73. The van der Waals surface area contributed by atoms with Gasteiger partial charge in [-0.3, -0.25) is 4.79 Å². The van der Waals surface area contributed by atoms with E-state index in [0.29, 0.717) is 39.3 Å². The van der Waals surface area contributed by atoms with E-state index in [1.54, 1.807) is 0 Å². The lowest BCUT2D eigenvalue weighted by Crippen LogP contribution is -2.47. The molecule has 2 fully saturated rings. The zero-order valence-corrected chi connectivity index (χ0v) is 14.0. The van der Waals surface area contributed by atoms with Gasteiger partial charge in [0.1, 0.15) is 5.82 Å². The molecule has 1 aromatic carbocycles. The summed E-state index contributed by atoms with van der Waals surface area (Å²) in [7, 11) is 0. The van der Waals surface area contributed by atoms with Crippen molar-refractivity contribution in [3.8, 4) is 0 Å². The quantitative estimate of drug-likeness (QED) is 0.865. The van der Waals surface area contributed by atoms with Crippen LogP contribution in [0.1, 0.15) is 25.1 Å². The van der Waals surface area contributed by atoms with Crippen LogP contribution >= 0.6 is 0 Å². The number of aromatic nitrogens is 2. The van der Waals surface area contributed by atoms with Gasteiger partial charge in [0.2, 0.25) is 5.91 Å². The number of aryl methyl sites for hydroxylation is 2. The van der Waals surface area contributed by atoms with Crippen LogP contribution in [0.3, 0.4) is 0 Å². The summed E-state index contributed by atoms with van der Waals surface area (Å²) in [6.07, 6.45) is 2.04. The van der Waals surface area contributed by atoms with Gasteiger partial charge in [0.15, 0.2) is 5.79 Å². The molecule has 6 heteroatoms. The smallest absolute Gasteiger partial charge is 0.224 e. The predicted octanol–water partition coefficient (Wildman–Crippen LogP) is 2.10. The highest BCUT2D eigenvalue weighted by molar-refractivity contribution is 5.78. The second kappa shape index (κ2) is 6.18. The molecule has 3 heterocycles. The lowest BCUT2D eigenvalue weighted by Gasteiger charge is -2.37. The van der Waals surface area contributed by atoms with E-state index in [1.807, 2.05) is 30.0 Å². The molecule has 2 aliphatic heterocycles. The second-order valence-corrected chi connectivity index (χ2v) is 6.54. The molecule has 0 saturated carbocycles. The van der Waals surface area contributed by atoms with Gasteiger partial charge in [0.05, 0.1) is 24.2 Å². The molecular formula is C18H23N3O3. The van der Waals surface area contributed by atoms with Gasteiger partial charge in [-0.2, -0.15) is 0 Å². The van der Waals surface area contributed by atoms with Crippen molar-refractivity contribution in [1.82, 2.24) is 14.5 Å². The standard InChI is InChI=1S/C18H23N3O3/c1-14-19-15-4-2-3-5-16(15)21(14)9-6-17(22)20-10-7-18(8-11-20)23-12-13-24-18/h2-5H,6-13H2,1H3. The van der Waals surface area contributed by atoms with Crippen molar-refractivity contribution in [3.05, 3.63) is 30.1 Å². The topological polar surface area (TPSA) is 56.6 Å². The van der Waals surface area contributed by atoms with Crippen LogP contribution in [0.15, 0.2) is 24.3 Å². The normalized spacial score (nSPS) is 20.1. The molecule has 6 nitrogen and oxygen atoms in total. The van der Waals surface area contributed by atoms with Crippen LogP contribution in [0.5, 0.6) is 0 Å². The summed E-state index contributed by atoms with van der Waals surface area (Å²) in [6, 6.07) is 8.06. The lowest BCUT2D eigenvalue weighted by molar-refractivity contribution is -0.187. The van der Waals surface area contributed by atoms with Gasteiger partial charge in [0, 0.05) is 38.9 Å². The highest BCUT2D eigenvalue weighted by atomic mass is 16.7. The van der Waals surface area contributed by atoms with Crippen LogP contribution in [-0.2, 0) is 20.8 Å². The minimum atomic E-state index is -0.423. The molecule has 1 amide bonds. The van der Waals surface area contributed by atoms with Crippen molar-refractivity contribution in [1.29, 1.82) is 0 Å². The molecule has 0 N–H and O–H groups in total. The van der Waals surface area contributed by atoms with Crippen molar-refractivity contribution >= 4 is 16.9 Å². The van der Waals surface area contributed by atoms with E-state index >= 15 is 0 Å². The predicted molar refractivity (Wildman–Crippen MR) is 89.5 cm³/mol. The number of nitrogens with zero attached hydrogens (tertiary/aromatic N) is 3. The number of hydrogen-bond donors (Lipinski definition) is 0. The Kier molecular flexibility index (Phi) is 4.02. The summed E-state index contributed by atoms with van der Waals surface area (Å²) in [5.41, 5.74) is 2.08. The van der Waals surface area contributed by atoms with Crippen LogP contribution in [-0.4, -0.2) is 52.4 Å². The van der Waals surface area contributed by atoms with Gasteiger partial charge in [0.25, 0.3) is 0 Å². The number of rotatable bonds is 3. The molecule has 0 radical (unpaired) electrons. The van der Waals surface area contributed by atoms with Gasteiger partial charge >= 0.3 is 0 Å². The van der Waals surface area contributed by atoms with Crippen LogP contribution in [0.2, 0.25) is 0 Å². The summed E-state index contributed by atoms with van der Waals surface area (Å²) in [4.78, 5) is 19.0. The van der Waals surface area contributed by atoms with E-state index in [0.717, 1.165) is 29.7 Å². The van der Waals surface area contributed by atoms with Crippen LogP contribution in [0.25, 0.3) is 11.0 Å². The fourth-order valence-electron chi connectivity index (χ4n) is 3.73. The maximum Gasteiger partial charge on any atom is 0.224 e. The van der Waals surface area contributed by atoms with E-state index in [-0.39, 0.29) is 5.91 Å². The number of fused-ring (bicyclic) bond motifs is 1. The van der Waals surface area contributed by atoms with Gasteiger partial charge < -0.3 is 18.9 Å². The third-order valence-electron chi connectivity index (χ3n) is 5.09. The highest BCUT2D eigenvalue weighted by Crippen LogP contribution is 2.31. The van der Waals surface area contributed by atoms with E-state index in [4.69, 9.17) is 9.47 Å². The number of hydrogen-bond acceptors (Lipinski definition) is 4. The first-order valence-corrected chi connectivity index (χ1v) is 8.64. The first-order valence-electron chi connectivity index (χ1n) is 8.64. The molecule has 0 aliphatic carbocycles. The molecule has 2 aromatic rings. The number of benzene rings is 1. The Morgan fingerprint density at radius 2 is 1.92 bits per heavy atom. The molecule has 1 aromatic heterocycles. The number of imidazole rings is 1. The maximum absolute atomic E-state index is 12.6. The molecule has 2 aliphatic rings. The zero-order valence-electron chi connectivity index (χ0n) is 14.0. The van der Waals surface area contributed by atoms with E-state index in [1.165, 1.54) is 0 Å². The number of ether oxygens (including phenoxy) is 2. The Balaban J connectivity index is 1.37. The summed E-state index contributed by atoms with van der Waals surface area (Å²) in [6.45, 7) is 5.41. The average molecular weight is 329 g/mol. The molecule has 0 unspecified atom stereocenters. The molecule has 0 atom stereocenters. The van der Waals surface area contributed by atoms with Gasteiger partial charge in [-0.25, -0.2) is 4.98 Å². The molecule has 24 heavy (non-hydrogen) atoms. The molecule has 128 valence electrons. The Hall–Kier alpha value is -1.92. The van der Waals surface area contributed by atoms with E-state index in [9.17, 15) is 4.79 Å². The molecule has 1 spiro atoms. The Bertz CT molecular complexity index is 739. The van der Waals surface area contributed by atoms with Crippen molar-refractivity contribution in [2.75, 3.05) is 26.3 Å². The van der Waals surface area contributed by atoms with Gasteiger partial charge in [-0.05, 0) is 19.1 Å². The van der Waals surface area contributed by atoms with Crippen molar-refractivity contribution in [2.45, 2.75) is 38.5 Å². The lowest BCUT2D eigenvalue weighted by atomic mass is 10.0. The first-order chi connectivity index (χ1) is 11.7.